The van der Waals surface area contributed by atoms with Gasteiger partial charge in [-0.1, -0.05) is 26.2 Å². The van der Waals surface area contributed by atoms with Crippen molar-refractivity contribution in [2.75, 3.05) is 39.8 Å². The molecule has 1 aliphatic carbocycles. The summed E-state index contributed by atoms with van der Waals surface area (Å²) >= 11 is 0. The Morgan fingerprint density at radius 1 is 1.21 bits per heavy atom. The zero-order valence-electron chi connectivity index (χ0n) is 12.9. The average Bonchev–Trinajstić information content (AvgIpc) is 2.90. The molecule has 1 unspecified atom stereocenters. The molecule has 0 spiro atoms. The fraction of sp³-hybridized carbons (Fsp3) is 1.00. The van der Waals surface area contributed by atoms with Gasteiger partial charge < -0.3 is 15.0 Å². The second-order valence-electron chi connectivity index (χ2n) is 6.67. The molecule has 2 fully saturated rings. The Labute approximate surface area is 119 Å². The summed E-state index contributed by atoms with van der Waals surface area (Å²) in [7, 11) is 2.28. The Hall–Kier alpha value is -0.120. The number of ether oxygens (including phenoxy) is 1. The molecule has 0 bridgehead atoms. The molecule has 0 aromatic rings. The predicted octanol–water partition coefficient (Wildman–Crippen LogP) is 2.66. The van der Waals surface area contributed by atoms with Crippen molar-refractivity contribution in [2.24, 2.45) is 5.41 Å². The van der Waals surface area contributed by atoms with E-state index in [0.717, 1.165) is 19.7 Å². The Kier molecular flexibility index (Phi) is 6.11. The van der Waals surface area contributed by atoms with Crippen LogP contribution in [0.1, 0.15) is 51.9 Å². The third kappa shape index (κ3) is 4.73. The normalized spacial score (nSPS) is 27.0. The maximum Gasteiger partial charge on any atom is 0.0702 e. The van der Waals surface area contributed by atoms with Gasteiger partial charge in [-0.15, -0.1) is 0 Å². The van der Waals surface area contributed by atoms with Gasteiger partial charge in [0.05, 0.1) is 6.10 Å². The summed E-state index contributed by atoms with van der Waals surface area (Å²) < 4.78 is 5.77. The molecule has 3 nitrogen and oxygen atoms in total. The van der Waals surface area contributed by atoms with Crippen LogP contribution in [-0.2, 0) is 4.74 Å². The summed E-state index contributed by atoms with van der Waals surface area (Å²) in [6, 6.07) is 0. The quantitative estimate of drug-likeness (QED) is 0.768. The highest BCUT2D eigenvalue weighted by molar-refractivity contribution is 4.88. The van der Waals surface area contributed by atoms with Crippen LogP contribution in [0.25, 0.3) is 0 Å². The van der Waals surface area contributed by atoms with E-state index in [1.807, 2.05) is 0 Å². The highest BCUT2D eigenvalue weighted by Gasteiger charge is 2.33. The Morgan fingerprint density at radius 3 is 2.63 bits per heavy atom. The Bertz CT molecular complexity index is 245. The van der Waals surface area contributed by atoms with Gasteiger partial charge in [-0.05, 0) is 44.7 Å². The number of hydrogen-bond donors (Lipinski definition) is 1. The van der Waals surface area contributed by atoms with Crippen molar-refractivity contribution in [1.82, 2.24) is 10.2 Å². The molecule has 2 aliphatic rings. The van der Waals surface area contributed by atoms with Gasteiger partial charge >= 0.3 is 0 Å². The van der Waals surface area contributed by atoms with Crippen LogP contribution in [0, 0.1) is 5.41 Å². The summed E-state index contributed by atoms with van der Waals surface area (Å²) in [4.78, 5) is 2.53. The lowest BCUT2D eigenvalue weighted by atomic mass is 9.73. The van der Waals surface area contributed by atoms with Crippen LogP contribution in [0.3, 0.4) is 0 Å². The molecule has 0 amide bonds. The van der Waals surface area contributed by atoms with Crippen LogP contribution in [0.4, 0.5) is 0 Å². The smallest absolute Gasteiger partial charge is 0.0702 e. The van der Waals surface area contributed by atoms with Gasteiger partial charge in [0.2, 0.25) is 0 Å². The van der Waals surface area contributed by atoms with E-state index in [2.05, 4.69) is 24.2 Å². The molecule has 0 aromatic heterocycles. The summed E-state index contributed by atoms with van der Waals surface area (Å²) in [5.74, 6) is 0. The second-order valence-corrected chi connectivity index (χ2v) is 6.67. The number of nitrogens with zero attached hydrogens (tertiary/aromatic N) is 1. The fourth-order valence-corrected chi connectivity index (χ4v) is 3.86. The number of likely N-dealkylation sites (N-methyl/N-ethyl adjacent to an activating group) is 1. The van der Waals surface area contributed by atoms with E-state index in [9.17, 15) is 0 Å². The lowest BCUT2D eigenvalue weighted by Gasteiger charge is -2.41. The average molecular weight is 268 g/mol. The predicted molar refractivity (Wildman–Crippen MR) is 80.5 cm³/mol. The molecule has 1 heterocycles. The summed E-state index contributed by atoms with van der Waals surface area (Å²) in [6.07, 6.45) is 10.1. The monoisotopic (exact) mass is 268 g/mol. The minimum Gasteiger partial charge on any atom is -0.377 e. The van der Waals surface area contributed by atoms with Crippen molar-refractivity contribution in [2.45, 2.75) is 58.0 Å². The molecular formula is C16H32N2O. The first-order valence-electron chi connectivity index (χ1n) is 8.25. The van der Waals surface area contributed by atoms with Gasteiger partial charge in [0.25, 0.3) is 0 Å². The number of nitrogens with one attached hydrogen (secondary N) is 1. The zero-order chi connectivity index (χ0) is 13.6. The molecule has 3 heteroatoms. The van der Waals surface area contributed by atoms with Crippen molar-refractivity contribution in [3.8, 4) is 0 Å². The summed E-state index contributed by atoms with van der Waals surface area (Å²) in [6.45, 7) is 7.83. The van der Waals surface area contributed by atoms with Crippen LogP contribution in [0.15, 0.2) is 0 Å². The Morgan fingerprint density at radius 2 is 2.00 bits per heavy atom. The van der Waals surface area contributed by atoms with E-state index < -0.39 is 0 Å². The molecule has 112 valence electrons. The van der Waals surface area contributed by atoms with Gasteiger partial charge in [0.15, 0.2) is 0 Å². The first kappa shape index (κ1) is 15.3. The van der Waals surface area contributed by atoms with E-state index in [0.29, 0.717) is 11.5 Å². The van der Waals surface area contributed by atoms with Gasteiger partial charge in [-0.3, -0.25) is 0 Å². The number of rotatable bonds is 7. The number of hydrogen-bond acceptors (Lipinski definition) is 3. The van der Waals surface area contributed by atoms with Crippen LogP contribution in [0.2, 0.25) is 0 Å². The van der Waals surface area contributed by atoms with Crippen LogP contribution >= 0.6 is 0 Å². The minimum absolute atomic E-state index is 0.491. The highest BCUT2D eigenvalue weighted by atomic mass is 16.5. The maximum atomic E-state index is 5.77. The van der Waals surface area contributed by atoms with Gasteiger partial charge in [-0.25, -0.2) is 0 Å². The molecule has 2 rings (SSSR count). The Balaban J connectivity index is 1.83. The highest BCUT2D eigenvalue weighted by Crippen LogP contribution is 2.36. The van der Waals surface area contributed by atoms with E-state index in [1.165, 1.54) is 58.0 Å². The van der Waals surface area contributed by atoms with Crippen LogP contribution < -0.4 is 5.32 Å². The van der Waals surface area contributed by atoms with Crippen molar-refractivity contribution in [3.63, 3.8) is 0 Å². The third-order valence-corrected chi connectivity index (χ3v) is 4.81. The molecule has 1 saturated carbocycles. The molecular weight excluding hydrogens is 236 g/mol. The molecule has 0 radical (unpaired) electrons. The van der Waals surface area contributed by atoms with Crippen molar-refractivity contribution >= 4 is 0 Å². The topological polar surface area (TPSA) is 24.5 Å². The molecule has 19 heavy (non-hydrogen) atoms. The lowest BCUT2D eigenvalue weighted by Crippen LogP contribution is -2.45. The van der Waals surface area contributed by atoms with Crippen molar-refractivity contribution in [3.05, 3.63) is 0 Å². The minimum atomic E-state index is 0.491. The molecule has 1 N–H and O–H groups in total. The largest absolute Gasteiger partial charge is 0.377 e. The standard InChI is InChI=1S/C16H32N2O/c1-3-17-13-16(9-5-4-6-10-16)14-18(2)12-15-8-7-11-19-15/h15,17H,3-14H2,1-2H3. The third-order valence-electron chi connectivity index (χ3n) is 4.81. The van der Waals surface area contributed by atoms with Crippen molar-refractivity contribution < 1.29 is 4.74 Å². The van der Waals surface area contributed by atoms with E-state index in [4.69, 9.17) is 4.74 Å². The molecule has 1 aliphatic heterocycles. The zero-order valence-corrected chi connectivity index (χ0v) is 12.9. The first-order valence-corrected chi connectivity index (χ1v) is 8.25. The summed E-state index contributed by atoms with van der Waals surface area (Å²) in [5, 5.41) is 3.60. The van der Waals surface area contributed by atoms with Crippen molar-refractivity contribution in [1.29, 1.82) is 0 Å². The first-order chi connectivity index (χ1) is 9.24. The second kappa shape index (κ2) is 7.61. The van der Waals surface area contributed by atoms with Gasteiger partial charge in [0.1, 0.15) is 0 Å². The van der Waals surface area contributed by atoms with E-state index in [-0.39, 0.29) is 0 Å². The molecule has 1 saturated heterocycles. The summed E-state index contributed by atoms with van der Waals surface area (Å²) in [5.41, 5.74) is 0.515. The molecule has 0 aromatic carbocycles. The lowest BCUT2D eigenvalue weighted by molar-refractivity contribution is 0.0541. The fourth-order valence-electron chi connectivity index (χ4n) is 3.86. The van der Waals surface area contributed by atoms with Gasteiger partial charge in [0, 0.05) is 26.2 Å². The maximum absolute atomic E-state index is 5.77. The van der Waals surface area contributed by atoms with Crippen LogP contribution in [-0.4, -0.2) is 50.8 Å². The van der Waals surface area contributed by atoms with E-state index >= 15 is 0 Å². The van der Waals surface area contributed by atoms with E-state index in [1.54, 1.807) is 0 Å². The van der Waals surface area contributed by atoms with Gasteiger partial charge in [-0.2, -0.15) is 0 Å². The molecule has 1 atom stereocenters. The SMILES string of the molecule is CCNCC1(CN(C)CC2CCCO2)CCCCC1. The van der Waals surface area contributed by atoms with Crippen LogP contribution in [0.5, 0.6) is 0 Å².